The third-order valence-corrected chi connectivity index (χ3v) is 5.98. The second kappa shape index (κ2) is 4.94. The third-order valence-electron chi connectivity index (χ3n) is 5.98. The zero-order valence-electron chi connectivity index (χ0n) is 15.8. The Morgan fingerprint density at radius 1 is 1.23 bits per heavy atom. The number of aromatic hydroxyl groups is 1. The Kier molecular flexibility index (Phi) is 2.46. The Morgan fingerprint density at radius 3 is 2.68 bits per heavy atom. The lowest BCUT2D eigenvalue weighted by molar-refractivity contribution is 0.0423. The molecule has 4 aliphatic rings. The number of phenolic OH excluding ortho intramolecular Hbond substituents is 1. The second-order valence-electron chi connectivity index (χ2n) is 7.25. The van der Waals surface area contributed by atoms with Crippen molar-refractivity contribution in [2.45, 2.75) is 37.5 Å². The predicted octanol–water partition coefficient (Wildman–Crippen LogP) is 4.01. The molecule has 1 N–H and O–H groups in total. The molecule has 0 aliphatic heterocycles. The average molecular weight is 303 g/mol. The van der Waals surface area contributed by atoms with Crippen molar-refractivity contribution in [1.29, 1.82) is 0 Å². The van der Waals surface area contributed by atoms with Crippen LogP contribution in [0.5, 0.6) is 11.5 Å². The summed E-state index contributed by atoms with van der Waals surface area (Å²) in [7, 11) is -0.852. The molecule has 4 fully saturated rings. The summed E-state index contributed by atoms with van der Waals surface area (Å²) in [5.41, 5.74) is 2.08. The third kappa shape index (κ3) is 1.94. The van der Waals surface area contributed by atoms with Crippen LogP contribution in [0.3, 0.4) is 0 Å². The maximum absolute atomic E-state index is 10.2. The number of rotatable bonds is 3. The lowest BCUT2D eigenvalue weighted by atomic mass is 9.46. The minimum atomic E-state index is -2.53. The molecule has 2 atom stereocenters. The predicted molar refractivity (Wildman–Crippen MR) is 85.0 cm³/mol. The number of phenols is 1. The molecule has 0 spiro atoms. The fourth-order valence-electron chi connectivity index (χ4n) is 5.50. The minimum absolute atomic E-state index is 0.0456. The van der Waals surface area contributed by atoms with Gasteiger partial charge in [-0.3, -0.25) is 0 Å². The first-order chi connectivity index (χ1) is 11.8. The van der Waals surface area contributed by atoms with E-state index in [-0.39, 0.29) is 16.9 Å². The molecule has 3 heteroatoms. The molecule has 0 saturated heterocycles. The SMILES string of the molecule is [2H]C([2H])([2H])Oc1cc(O)cc(C23CC4CC(CC(C4)C2=COC)C3)c1. The summed E-state index contributed by atoms with van der Waals surface area (Å²) in [6.45, 7) is 0. The van der Waals surface area contributed by atoms with Crippen molar-refractivity contribution >= 4 is 0 Å². The Bertz CT molecular complexity index is 696. The highest BCUT2D eigenvalue weighted by molar-refractivity contribution is 5.48. The molecule has 1 aromatic carbocycles. The molecule has 22 heavy (non-hydrogen) atoms. The molecule has 0 amide bonds. The topological polar surface area (TPSA) is 38.7 Å². The summed E-state index contributed by atoms with van der Waals surface area (Å²) in [6.07, 6.45) is 7.67. The molecule has 4 aliphatic carbocycles. The molecule has 0 heterocycles. The first-order valence-electron chi connectivity index (χ1n) is 9.56. The van der Waals surface area contributed by atoms with E-state index < -0.39 is 7.04 Å². The van der Waals surface area contributed by atoms with Gasteiger partial charge in [-0.2, -0.15) is 0 Å². The highest BCUT2D eigenvalue weighted by atomic mass is 16.5. The van der Waals surface area contributed by atoms with Crippen molar-refractivity contribution in [3.8, 4) is 11.5 Å². The molecule has 4 saturated carbocycles. The Hall–Kier alpha value is -1.64. The van der Waals surface area contributed by atoms with Crippen LogP contribution in [0.15, 0.2) is 30.0 Å². The van der Waals surface area contributed by atoms with E-state index in [4.69, 9.17) is 13.6 Å². The Morgan fingerprint density at radius 2 is 2.00 bits per heavy atom. The molecule has 0 aromatic heterocycles. The fourth-order valence-corrected chi connectivity index (χ4v) is 5.50. The van der Waals surface area contributed by atoms with Gasteiger partial charge in [-0.1, -0.05) is 0 Å². The molecular formula is C19H24O3. The molecular weight excluding hydrogens is 276 g/mol. The first-order valence-corrected chi connectivity index (χ1v) is 8.06. The van der Waals surface area contributed by atoms with Crippen LogP contribution in [-0.2, 0) is 10.2 Å². The van der Waals surface area contributed by atoms with Gasteiger partial charge < -0.3 is 14.6 Å². The standard InChI is InChI=1S/C19H24O3/c1-21-11-18-14-4-12-3-13(5-14)10-19(18,9-12)15-6-16(20)8-17(7-15)22-2/h6-8,11-14,20H,3-5,9-10H2,1-2H3/i2D3. The average Bonchev–Trinajstić information content (AvgIpc) is 2.48. The van der Waals surface area contributed by atoms with Crippen LogP contribution in [0.4, 0.5) is 0 Å². The van der Waals surface area contributed by atoms with Crippen LogP contribution < -0.4 is 4.74 Å². The van der Waals surface area contributed by atoms with E-state index in [1.54, 1.807) is 19.2 Å². The van der Waals surface area contributed by atoms with E-state index in [0.717, 1.165) is 18.4 Å². The van der Waals surface area contributed by atoms with E-state index in [1.807, 2.05) is 6.26 Å². The van der Waals surface area contributed by atoms with Gasteiger partial charge in [0.1, 0.15) is 11.5 Å². The van der Waals surface area contributed by atoms with Gasteiger partial charge in [-0.15, -0.1) is 0 Å². The molecule has 5 rings (SSSR count). The summed E-state index contributed by atoms with van der Waals surface area (Å²) >= 11 is 0. The van der Waals surface area contributed by atoms with Crippen molar-refractivity contribution in [3.63, 3.8) is 0 Å². The van der Waals surface area contributed by atoms with Crippen molar-refractivity contribution in [2.75, 3.05) is 14.1 Å². The zero-order valence-corrected chi connectivity index (χ0v) is 12.8. The van der Waals surface area contributed by atoms with Crippen LogP contribution in [0.2, 0.25) is 0 Å². The zero-order chi connectivity index (χ0) is 17.8. The van der Waals surface area contributed by atoms with Crippen LogP contribution in [0.1, 0.15) is 41.8 Å². The molecule has 1 aromatic rings. The van der Waals surface area contributed by atoms with Gasteiger partial charge in [0, 0.05) is 11.5 Å². The van der Waals surface area contributed by atoms with Gasteiger partial charge in [0.15, 0.2) is 0 Å². The van der Waals surface area contributed by atoms with Crippen molar-refractivity contribution in [2.24, 2.45) is 17.8 Å². The van der Waals surface area contributed by atoms with Gasteiger partial charge in [0.25, 0.3) is 0 Å². The van der Waals surface area contributed by atoms with E-state index in [2.05, 4.69) is 0 Å². The van der Waals surface area contributed by atoms with E-state index in [9.17, 15) is 5.11 Å². The van der Waals surface area contributed by atoms with E-state index in [0.29, 0.717) is 17.8 Å². The minimum Gasteiger partial charge on any atom is -0.508 e. The molecule has 0 radical (unpaired) electrons. The van der Waals surface area contributed by atoms with E-state index in [1.165, 1.54) is 30.9 Å². The number of methoxy groups -OCH3 is 2. The van der Waals surface area contributed by atoms with Crippen molar-refractivity contribution in [3.05, 3.63) is 35.6 Å². The number of hydrogen-bond acceptors (Lipinski definition) is 3. The Labute approximate surface area is 136 Å². The fraction of sp³-hybridized carbons (Fsp3) is 0.579. The number of ether oxygens (including phenoxy) is 2. The van der Waals surface area contributed by atoms with Gasteiger partial charge >= 0.3 is 0 Å². The maximum atomic E-state index is 10.2. The van der Waals surface area contributed by atoms with Gasteiger partial charge in [-0.05, 0) is 73.1 Å². The smallest absolute Gasteiger partial charge is 0.122 e. The van der Waals surface area contributed by atoms with Crippen LogP contribution in [-0.4, -0.2) is 19.3 Å². The van der Waals surface area contributed by atoms with Gasteiger partial charge in [0.2, 0.25) is 0 Å². The monoisotopic (exact) mass is 303 g/mol. The first kappa shape index (κ1) is 11.0. The van der Waals surface area contributed by atoms with Gasteiger partial charge in [0.05, 0.1) is 24.5 Å². The van der Waals surface area contributed by atoms with Crippen LogP contribution in [0.25, 0.3) is 0 Å². The maximum Gasteiger partial charge on any atom is 0.122 e. The largest absolute Gasteiger partial charge is 0.508 e. The van der Waals surface area contributed by atoms with Crippen molar-refractivity contribution in [1.82, 2.24) is 0 Å². The lowest BCUT2D eigenvalue weighted by Crippen LogP contribution is -2.50. The Balaban J connectivity index is 1.80. The molecule has 2 unspecified atom stereocenters. The normalized spacial score (nSPS) is 40.1. The number of benzene rings is 1. The number of allylic oxidation sites excluding steroid dienone is 1. The highest BCUT2D eigenvalue weighted by Crippen LogP contribution is 2.63. The summed E-state index contributed by atoms with van der Waals surface area (Å²) in [4.78, 5) is 0. The summed E-state index contributed by atoms with van der Waals surface area (Å²) in [5, 5.41) is 10.2. The van der Waals surface area contributed by atoms with E-state index >= 15 is 0 Å². The van der Waals surface area contributed by atoms with Crippen LogP contribution >= 0.6 is 0 Å². The highest BCUT2D eigenvalue weighted by Gasteiger charge is 2.55. The lowest BCUT2D eigenvalue weighted by Gasteiger charge is -2.58. The summed E-state index contributed by atoms with van der Waals surface area (Å²) < 4.78 is 32.5. The molecule has 4 bridgehead atoms. The number of hydrogen-bond donors (Lipinski definition) is 1. The van der Waals surface area contributed by atoms with Crippen LogP contribution in [0, 0.1) is 17.8 Å². The quantitative estimate of drug-likeness (QED) is 0.858. The van der Waals surface area contributed by atoms with Crippen molar-refractivity contribution < 1.29 is 18.7 Å². The van der Waals surface area contributed by atoms with Gasteiger partial charge in [-0.25, -0.2) is 0 Å². The summed E-state index contributed by atoms with van der Waals surface area (Å²) in [5.74, 6) is 2.16. The summed E-state index contributed by atoms with van der Waals surface area (Å²) in [6, 6.07) is 4.93. The molecule has 118 valence electrons. The molecule has 3 nitrogen and oxygen atoms in total. The second-order valence-corrected chi connectivity index (χ2v) is 7.25.